The Balaban J connectivity index is 0.878. The van der Waals surface area contributed by atoms with Crippen LogP contribution in [0.3, 0.4) is 0 Å². The fraction of sp³-hybridized carbons (Fsp3) is 0.0448. The number of nitrogens with zero attached hydrogens (tertiary/aromatic N) is 6. The van der Waals surface area contributed by atoms with E-state index < -0.39 is 0 Å². The van der Waals surface area contributed by atoms with Gasteiger partial charge in [-0.3, -0.25) is 9.36 Å². The smallest absolute Gasteiger partial charge is 0.238 e. The number of hydrogen-bond acceptors (Lipinski definition) is 6. The van der Waals surface area contributed by atoms with Crippen LogP contribution >= 0.6 is 0 Å². The Bertz CT molecular complexity index is 4710. The third-order valence-corrected chi connectivity index (χ3v) is 15.4. The van der Waals surface area contributed by atoms with Gasteiger partial charge < -0.3 is 13.9 Å². The summed E-state index contributed by atoms with van der Waals surface area (Å²) < 4.78 is 11.0. The van der Waals surface area contributed by atoms with Crippen molar-refractivity contribution in [2.24, 2.45) is 0 Å². The zero-order chi connectivity index (χ0) is 49.9. The summed E-state index contributed by atoms with van der Waals surface area (Å²) in [6.07, 6.45) is 0. The number of fused-ring (bicyclic) bond motifs is 11. The molecule has 0 amide bonds. The average molecular weight is 965 g/mol. The molecule has 1 aliphatic rings. The van der Waals surface area contributed by atoms with Crippen molar-refractivity contribution in [3.05, 3.63) is 252 Å². The van der Waals surface area contributed by atoms with Crippen molar-refractivity contribution in [1.82, 2.24) is 24.1 Å². The van der Waals surface area contributed by atoms with Crippen LogP contribution in [0.2, 0.25) is 0 Å². The van der Waals surface area contributed by atoms with Crippen LogP contribution in [0.4, 0.5) is 17.1 Å². The van der Waals surface area contributed by atoms with Crippen LogP contribution in [0.5, 0.6) is 0 Å². The van der Waals surface area contributed by atoms with Crippen LogP contribution in [-0.4, -0.2) is 24.1 Å². The lowest BCUT2D eigenvalue weighted by Gasteiger charge is -2.42. The Morgan fingerprint density at radius 1 is 0.387 bits per heavy atom. The van der Waals surface area contributed by atoms with Crippen molar-refractivity contribution >= 4 is 82.6 Å². The first-order valence-electron chi connectivity index (χ1n) is 25.3. The molecular formula is C67H44N6O2. The van der Waals surface area contributed by atoms with Crippen molar-refractivity contribution in [2.75, 3.05) is 4.90 Å². The molecule has 0 N–H and O–H groups in total. The lowest BCUT2D eigenvalue weighted by molar-refractivity contribution is 0.632. The molecule has 0 spiro atoms. The van der Waals surface area contributed by atoms with Gasteiger partial charge in [0.05, 0.1) is 44.2 Å². The second-order valence-electron chi connectivity index (χ2n) is 19.9. The van der Waals surface area contributed by atoms with E-state index in [0.29, 0.717) is 39.5 Å². The molecule has 75 heavy (non-hydrogen) atoms. The number of para-hydroxylation sites is 5. The van der Waals surface area contributed by atoms with E-state index in [1.807, 2.05) is 60.7 Å². The molecule has 354 valence electrons. The Hall–Kier alpha value is -9.92. The van der Waals surface area contributed by atoms with E-state index in [1.165, 1.54) is 16.5 Å². The van der Waals surface area contributed by atoms with Crippen molar-refractivity contribution < 1.29 is 4.42 Å². The van der Waals surface area contributed by atoms with Gasteiger partial charge in [-0.05, 0) is 89.0 Å². The molecule has 0 saturated carbocycles. The fourth-order valence-corrected chi connectivity index (χ4v) is 11.8. The Labute approximate surface area is 430 Å². The van der Waals surface area contributed by atoms with Gasteiger partial charge in [0, 0.05) is 55.5 Å². The summed E-state index contributed by atoms with van der Waals surface area (Å²) >= 11 is 0. The van der Waals surface area contributed by atoms with Crippen molar-refractivity contribution in [3.63, 3.8) is 0 Å². The predicted molar refractivity (Wildman–Crippen MR) is 305 cm³/mol. The maximum atomic E-state index is 13.6. The molecule has 0 radical (unpaired) electrons. The van der Waals surface area contributed by atoms with Crippen molar-refractivity contribution in [3.8, 4) is 45.5 Å². The molecule has 1 aliphatic heterocycles. The second-order valence-corrected chi connectivity index (χ2v) is 19.9. The Kier molecular flexibility index (Phi) is 9.29. The number of hydrogen-bond donors (Lipinski definition) is 0. The van der Waals surface area contributed by atoms with Gasteiger partial charge in [0.1, 0.15) is 11.2 Å². The SMILES string of the molecule is CC1(C)c2ccccc2N(c2ccc3c(=O)c4ccccc4oc3c2)c2ccc(-c3ccc(-c4nc(-c5ccccc5)nc(-n5c6ccccc6c6ccc7c8ccccc8n(-c8ccccc8)c7c65)n4)cc3)cc21. The number of rotatable bonds is 6. The molecule has 0 bridgehead atoms. The summed E-state index contributed by atoms with van der Waals surface area (Å²) in [6.45, 7) is 4.60. The van der Waals surface area contributed by atoms with E-state index in [1.54, 1.807) is 0 Å². The molecule has 10 aromatic carbocycles. The van der Waals surface area contributed by atoms with Gasteiger partial charge in [-0.15, -0.1) is 0 Å². The molecule has 0 atom stereocenters. The fourth-order valence-electron chi connectivity index (χ4n) is 11.8. The largest absolute Gasteiger partial charge is 0.456 e. The summed E-state index contributed by atoms with van der Waals surface area (Å²) in [5, 5.41) is 5.70. The molecule has 8 nitrogen and oxygen atoms in total. The van der Waals surface area contributed by atoms with E-state index >= 15 is 0 Å². The quantitative estimate of drug-likeness (QED) is 0.154. The summed E-state index contributed by atoms with van der Waals surface area (Å²) in [4.78, 5) is 31.8. The van der Waals surface area contributed by atoms with Crippen LogP contribution in [-0.2, 0) is 5.41 Å². The van der Waals surface area contributed by atoms with Crippen LogP contribution in [0.15, 0.2) is 240 Å². The van der Waals surface area contributed by atoms with Crippen LogP contribution in [0, 0.1) is 0 Å². The minimum Gasteiger partial charge on any atom is -0.456 e. The lowest BCUT2D eigenvalue weighted by atomic mass is 9.73. The molecular weight excluding hydrogens is 921 g/mol. The minimum absolute atomic E-state index is 0.0320. The minimum atomic E-state index is -0.332. The first-order chi connectivity index (χ1) is 36.9. The van der Waals surface area contributed by atoms with Crippen LogP contribution in [0.1, 0.15) is 25.0 Å². The van der Waals surface area contributed by atoms with Crippen LogP contribution < -0.4 is 10.3 Å². The highest BCUT2D eigenvalue weighted by atomic mass is 16.3. The molecule has 4 aromatic heterocycles. The normalized spacial score (nSPS) is 13.1. The van der Waals surface area contributed by atoms with E-state index in [9.17, 15) is 4.79 Å². The van der Waals surface area contributed by atoms with E-state index in [4.69, 9.17) is 19.4 Å². The Morgan fingerprint density at radius 2 is 0.920 bits per heavy atom. The molecule has 0 unspecified atom stereocenters. The van der Waals surface area contributed by atoms with Gasteiger partial charge in [-0.1, -0.05) is 172 Å². The lowest BCUT2D eigenvalue weighted by Crippen LogP contribution is -2.30. The molecule has 8 heteroatoms. The summed E-state index contributed by atoms with van der Waals surface area (Å²) in [5.41, 5.74) is 15.5. The summed E-state index contributed by atoms with van der Waals surface area (Å²) in [7, 11) is 0. The van der Waals surface area contributed by atoms with Gasteiger partial charge in [0.2, 0.25) is 11.4 Å². The number of benzene rings is 10. The van der Waals surface area contributed by atoms with Crippen LogP contribution in [0.25, 0.3) is 111 Å². The van der Waals surface area contributed by atoms with E-state index in [-0.39, 0.29) is 10.8 Å². The molecule has 0 aliphatic carbocycles. The zero-order valence-electron chi connectivity index (χ0n) is 40.9. The number of anilines is 3. The third-order valence-electron chi connectivity index (χ3n) is 15.4. The second kappa shape index (κ2) is 16.3. The van der Waals surface area contributed by atoms with Gasteiger partial charge in [-0.2, -0.15) is 9.97 Å². The zero-order valence-corrected chi connectivity index (χ0v) is 40.9. The summed E-state index contributed by atoms with van der Waals surface area (Å²) in [6, 6.07) is 79.8. The number of aromatic nitrogens is 5. The summed E-state index contributed by atoms with van der Waals surface area (Å²) in [5.74, 6) is 1.70. The molecule has 15 rings (SSSR count). The molecule has 0 saturated heterocycles. The maximum absolute atomic E-state index is 13.6. The van der Waals surface area contributed by atoms with Crippen molar-refractivity contribution in [1.29, 1.82) is 0 Å². The van der Waals surface area contributed by atoms with Gasteiger partial charge in [-0.25, -0.2) is 4.98 Å². The highest BCUT2D eigenvalue weighted by Crippen LogP contribution is 2.53. The van der Waals surface area contributed by atoms with E-state index in [2.05, 4.69) is 198 Å². The first-order valence-corrected chi connectivity index (χ1v) is 25.3. The van der Waals surface area contributed by atoms with Gasteiger partial charge in [0.15, 0.2) is 11.6 Å². The molecule has 0 fully saturated rings. The van der Waals surface area contributed by atoms with Gasteiger partial charge >= 0.3 is 0 Å². The third kappa shape index (κ3) is 6.49. The first kappa shape index (κ1) is 42.7. The van der Waals surface area contributed by atoms with Crippen molar-refractivity contribution in [2.45, 2.75) is 19.3 Å². The maximum Gasteiger partial charge on any atom is 0.238 e. The standard InChI is InChI=1S/C67H44N6O2/c1-67(2)53-24-12-15-27-57(53)71(46-34-35-52-60(40-46)75-59-28-16-11-23-51(59)63(52)74)58-38-33-44(39-54(58)67)41-29-31-43(32-30-41)65-68-64(42-17-5-3-6-18-42)69-66(70-65)73-56-26-14-10-22-48(56)50-37-36-49-47-21-9-13-25-55(47)72(61(49)62(50)73)45-19-7-4-8-20-45/h3-40H,1-2H3. The molecule has 5 heterocycles. The Morgan fingerprint density at radius 3 is 1.65 bits per heavy atom. The highest BCUT2D eigenvalue weighted by molar-refractivity contribution is 6.23. The topological polar surface area (TPSA) is 82.0 Å². The molecule has 14 aromatic rings. The highest BCUT2D eigenvalue weighted by Gasteiger charge is 2.37. The van der Waals surface area contributed by atoms with Gasteiger partial charge in [0.25, 0.3) is 0 Å². The predicted octanol–water partition coefficient (Wildman–Crippen LogP) is 16.4. The monoisotopic (exact) mass is 964 g/mol. The van der Waals surface area contributed by atoms with E-state index in [0.717, 1.165) is 83.2 Å². The average Bonchev–Trinajstić information content (AvgIpc) is 4.01.